The number of aromatic nitrogens is 1. The number of β-lactam (4-membered cyclic amide) rings is 1. The summed E-state index contributed by atoms with van der Waals surface area (Å²) in [5.74, 6) is -0.857. The highest BCUT2D eigenvalue weighted by atomic mass is 35.5. The van der Waals surface area contributed by atoms with E-state index in [9.17, 15) is 14.4 Å². The number of nitrogens with two attached hydrogens (primary N) is 1. The molecule has 2 amide bonds. The van der Waals surface area contributed by atoms with Crippen LogP contribution in [0.1, 0.15) is 33.4 Å². The first-order valence-electron chi connectivity index (χ1n) is 9.22. The van der Waals surface area contributed by atoms with Crippen LogP contribution in [0.25, 0.3) is 0 Å². The second-order valence-electron chi connectivity index (χ2n) is 7.85. The molecule has 3 heterocycles. The number of nitrogen functional groups attached to an aromatic ring is 1. The molecule has 3 N–H and O–H groups in total. The first-order valence-corrected chi connectivity index (χ1v) is 11.5. The fourth-order valence-electron chi connectivity index (χ4n) is 2.81. The van der Waals surface area contributed by atoms with Gasteiger partial charge >= 0.3 is 5.97 Å². The van der Waals surface area contributed by atoms with E-state index < -0.39 is 30.1 Å². The molecular formula is C18H22ClN5O5S2. The molecule has 1 saturated heterocycles. The van der Waals surface area contributed by atoms with Gasteiger partial charge in [-0.15, -0.1) is 11.8 Å². The highest BCUT2D eigenvalue weighted by Crippen LogP contribution is 2.36. The Hall–Kier alpha value is -2.31. The van der Waals surface area contributed by atoms with E-state index in [0.717, 1.165) is 22.7 Å². The maximum atomic E-state index is 12.9. The van der Waals surface area contributed by atoms with E-state index >= 15 is 0 Å². The fraction of sp³-hybridized carbons (Fsp3) is 0.500. The van der Waals surface area contributed by atoms with Crippen molar-refractivity contribution >= 4 is 63.3 Å². The average molecular weight is 488 g/mol. The van der Waals surface area contributed by atoms with Crippen molar-refractivity contribution in [3.8, 4) is 0 Å². The number of ether oxygens (including phenoxy) is 1. The molecule has 2 atom stereocenters. The summed E-state index contributed by atoms with van der Waals surface area (Å²) < 4.78 is 5.26. The lowest BCUT2D eigenvalue weighted by molar-refractivity contribution is -0.160. The van der Waals surface area contributed by atoms with Crippen molar-refractivity contribution in [2.75, 3.05) is 18.1 Å². The molecule has 0 radical (unpaired) electrons. The van der Waals surface area contributed by atoms with Gasteiger partial charge in [0.05, 0.1) is 0 Å². The number of nitrogens with one attached hydrogen (secondary N) is 1. The average Bonchev–Trinajstić information content (AvgIpc) is 2.99. The van der Waals surface area contributed by atoms with Crippen molar-refractivity contribution in [2.24, 2.45) is 5.16 Å². The lowest BCUT2D eigenvalue weighted by atomic mass is 10.1. The minimum absolute atomic E-state index is 0.00141. The molecule has 3 rings (SSSR count). The number of oxime groups is 1. The normalized spacial score (nSPS) is 21.1. The fourth-order valence-corrected chi connectivity index (χ4v) is 4.95. The van der Waals surface area contributed by atoms with E-state index in [4.69, 9.17) is 26.9 Å². The van der Waals surface area contributed by atoms with Gasteiger partial charge in [-0.05, 0) is 33.3 Å². The third kappa shape index (κ3) is 5.49. The van der Waals surface area contributed by atoms with Crippen LogP contribution in [0, 0.1) is 0 Å². The molecule has 168 valence electrons. The zero-order valence-electron chi connectivity index (χ0n) is 17.3. The third-order valence-corrected chi connectivity index (χ3v) is 6.55. The lowest BCUT2D eigenvalue weighted by Gasteiger charge is -2.47. The van der Waals surface area contributed by atoms with Crippen LogP contribution in [-0.4, -0.2) is 62.8 Å². The van der Waals surface area contributed by atoms with Crippen molar-refractivity contribution in [1.29, 1.82) is 0 Å². The third-order valence-electron chi connectivity index (χ3n) is 4.01. The molecule has 13 heteroatoms. The number of anilines is 1. The molecule has 31 heavy (non-hydrogen) atoms. The summed E-state index contributed by atoms with van der Waals surface area (Å²) >= 11 is 8.64. The molecule has 0 spiro atoms. The van der Waals surface area contributed by atoms with E-state index in [0.29, 0.717) is 0 Å². The summed E-state index contributed by atoms with van der Waals surface area (Å²) in [4.78, 5) is 47.8. The molecule has 2 aliphatic heterocycles. The van der Waals surface area contributed by atoms with Gasteiger partial charge in [-0.25, -0.2) is 9.78 Å². The molecule has 1 fully saturated rings. The van der Waals surface area contributed by atoms with Crippen LogP contribution in [0.4, 0.5) is 5.13 Å². The Balaban J connectivity index is 1.74. The van der Waals surface area contributed by atoms with E-state index in [2.05, 4.69) is 15.5 Å². The first kappa shape index (κ1) is 23.4. The molecule has 10 nitrogen and oxygen atoms in total. The lowest BCUT2D eigenvalue weighted by Crippen LogP contribution is -2.69. The van der Waals surface area contributed by atoms with Crippen molar-refractivity contribution < 1.29 is 24.0 Å². The number of carbonyl (C=O) groups is 3. The van der Waals surface area contributed by atoms with Gasteiger partial charge in [-0.3, -0.25) is 9.59 Å². The Morgan fingerprint density at radius 1 is 1.45 bits per heavy atom. The summed E-state index contributed by atoms with van der Waals surface area (Å²) in [5.41, 5.74) is 5.76. The molecule has 0 aliphatic carbocycles. The van der Waals surface area contributed by atoms with E-state index in [-0.39, 0.29) is 32.2 Å². The number of halogens is 1. The smallest absolute Gasteiger partial charge is 0.347 e. The highest BCUT2D eigenvalue weighted by Gasteiger charge is 2.49. The van der Waals surface area contributed by atoms with Gasteiger partial charge in [0.15, 0.2) is 10.8 Å². The van der Waals surface area contributed by atoms with Gasteiger partial charge in [0, 0.05) is 12.0 Å². The molecular weight excluding hydrogens is 466 g/mol. The maximum absolute atomic E-state index is 12.9. The Bertz CT molecular complexity index is 971. The molecule has 0 saturated carbocycles. The SMILES string of the molecule is CC1=CN2C(=O)C(NC(=O)C(=NOCC(=O)OC(C)(C)C)c3nc(N)sc3Cl)[C@@H]2SC1. The van der Waals surface area contributed by atoms with Crippen LogP contribution >= 0.6 is 34.7 Å². The number of hydrogen-bond donors (Lipinski definition) is 2. The van der Waals surface area contributed by atoms with Crippen LogP contribution < -0.4 is 11.1 Å². The number of rotatable bonds is 6. The van der Waals surface area contributed by atoms with Gasteiger partial charge in [-0.2, -0.15) is 0 Å². The number of amides is 2. The van der Waals surface area contributed by atoms with Crippen LogP contribution in [0.3, 0.4) is 0 Å². The summed E-state index contributed by atoms with van der Waals surface area (Å²) in [6, 6.07) is -0.729. The second-order valence-corrected chi connectivity index (χ2v) is 10.6. The number of hydrogen-bond acceptors (Lipinski definition) is 10. The zero-order valence-corrected chi connectivity index (χ0v) is 19.7. The molecule has 1 unspecified atom stereocenters. The van der Waals surface area contributed by atoms with Gasteiger partial charge in [0.2, 0.25) is 6.61 Å². The molecule has 1 aromatic rings. The Labute approximate surface area is 192 Å². The molecule has 1 aromatic heterocycles. The van der Waals surface area contributed by atoms with Crippen molar-refractivity contribution in [3.05, 3.63) is 21.8 Å². The monoisotopic (exact) mass is 487 g/mol. The highest BCUT2D eigenvalue weighted by molar-refractivity contribution is 8.00. The summed E-state index contributed by atoms with van der Waals surface area (Å²) in [7, 11) is 0. The topological polar surface area (TPSA) is 136 Å². The predicted molar refractivity (Wildman–Crippen MR) is 119 cm³/mol. The van der Waals surface area contributed by atoms with Gasteiger partial charge in [0.1, 0.15) is 27.0 Å². The molecule has 0 bridgehead atoms. The second kappa shape index (κ2) is 9.05. The van der Waals surface area contributed by atoms with Crippen LogP contribution in [0.2, 0.25) is 4.34 Å². The predicted octanol–water partition coefficient (Wildman–Crippen LogP) is 1.74. The zero-order chi connectivity index (χ0) is 22.9. The van der Waals surface area contributed by atoms with Crippen molar-refractivity contribution in [2.45, 2.75) is 44.7 Å². The van der Waals surface area contributed by atoms with E-state index in [1.807, 2.05) is 6.92 Å². The number of fused-ring (bicyclic) bond motifs is 1. The summed E-state index contributed by atoms with van der Waals surface area (Å²) in [5, 5.41) is 6.32. The number of carbonyl (C=O) groups excluding carboxylic acids is 3. The Morgan fingerprint density at radius 3 is 2.77 bits per heavy atom. The summed E-state index contributed by atoms with van der Waals surface area (Å²) in [6.45, 7) is 6.55. The minimum Gasteiger partial charge on any atom is -0.457 e. The van der Waals surface area contributed by atoms with Crippen LogP contribution in [-0.2, 0) is 24.0 Å². The number of nitrogens with zero attached hydrogens (tertiary/aromatic N) is 3. The Morgan fingerprint density at radius 2 is 2.16 bits per heavy atom. The quantitative estimate of drug-likeness (QED) is 0.268. The van der Waals surface area contributed by atoms with Gasteiger partial charge in [0.25, 0.3) is 11.8 Å². The summed E-state index contributed by atoms with van der Waals surface area (Å²) in [6.07, 6.45) is 1.78. The largest absolute Gasteiger partial charge is 0.457 e. The van der Waals surface area contributed by atoms with E-state index in [1.165, 1.54) is 0 Å². The number of thioether (sulfide) groups is 1. The van der Waals surface area contributed by atoms with E-state index in [1.54, 1.807) is 43.6 Å². The molecule has 2 aliphatic rings. The Kier molecular flexibility index (Phi) is 6.82. The van der Waals surface area contributed by atoms with Gasteiger partial charge in [-0.1, -0.05) is 28.1 Å². The standard InChI is InChI=1S/C18H22ClN5O5S2/c1-8-5-24-15(27)12(16(24)30-7-8)21-14(26)11(10-13(19)31-17(20)22-10)23-28-6-9(25)29-18(2,3)4/h5,12,16H,6-7H2,1-4H3,(H2,20,22)(H,21,26)/t12?,16-/m0/s1. The number of thiazole rings is 1. The molecule has 0 aromatic carbocycles. The maximum Gasteiger partial charge on any atom is 0.347 e. The van der Waals surface area contributed by atoms with Gasteiger partial charge < -0.3 is 25.5 Å². The van der Waals surface area contributed by atoms with Crippen LogP contribution in [0.15, 0.2) is 16.9 Å². The minimum atomic E-state index is -0.729. The van der Waals surface area contributed by atoms with Crippen molar-refractivity contribution in [1.82, 2.24) is 15.2 Å². The first-order chi connectivity index (χ1) is 14.5. The van der Waals surface area contributed by atoms with Crippen LogP contribution in [0.5, 0.6) is 0 Å². The number of esters is 1. The van der Waals surface area contributed by atoms with Crippen molar-refractivity contribution in [3.63, 3.8) is 0 Å².